The molecule has 1 aromatic carbocycles. The molecule has 0 aromatic heterocycles. The van der Waals surface area contributed by atoms with Gasteiger partial charge in [0.2, 0.25) is 15.9 Å². The number of imide groups is 1. The van der Waals surface area contributed by atoms with E-state index in [-0.39, 0.29) is 35.7 Å². The van der Waals surface area contributed by atoms with Gasteiger partial charge in [-0.15, -0.1) is 0 Å². The molecule has 1 aromatic rings. The largest absolute Gasteiger partial charge is 0.289 e. The van der Waals surface area contributed by atoms with Gasteiger partial charge >= 0.3 is 0 Å². The van der Waals surface area contributed by atoms with Crippen LogP contribution in [0.4, 0.5) is 9.18 Å². The van der Waals surface area contributed by atoms with E-state index in [0.29, 0.717) is 5.56 Å². The van der Waals surface area contributed by atoms with Crippen molar-refractivity contribution in [3.8, 4) is 0 Å². The van der Waals surface area contributed by atoms with Crippen molar-refractivity contribution in [3.63, 3.8) is 0 Å². The van der Waals surface area contributed by atoms with Crippen molar-refractivity contribution in [2.45, 2.75) is 11.8 Å². The lowest BCUT2D eigenvalue weighted by atomic mass is 10.1. The summed E-state index contributed by atoms with van der Waals surface area (Å²) in [6.45, 7) is 0.214. The van der Waals surface area contributed by atoms with E-state index >= 15 is 0 Å². The average Bonchev–Trinajstić information content (AvgIpc) is 2.68. The standard InChI is InChI=1S/C13H13FN2O4S2/c14-10-3-1-2-9(4-10)8-22(19,20)15-5-11(6-15)16-12(17)7-21-13(16)18/h1-4,11H,5-8H2. The van der Waals surface area contributed by atoms with Crippen LogP contribution in [0.25, 0.3) is 0 Å². The second-order valence-electron chi connectivity index (χ2n) is 5.18. The lowest BCUT2D eigenvalue weighted by Gasteiger charge is -2.41. The Morgan fingerprint density at radius 3 is 2.59 bits per heavy atom. The Morgan fingerprint density at radius 2 is 2.00 bits per heavy atom. The maximum Gasteiger partial charge on any atom is 0.289 e. The molecular formula is C13H13FN2O4S2. The van der Waals surface area contributed by atoms with E-state index in [2.05, 4.69) is 0 Å². The first-order valence-corrected chi connectivity index (χ1v) is 9.17. The summed E-state index contributed by atoms with van der Waals surface area (Å²) in [5.74, 6) is -0.943. The number of sulfonamides is 1. The number of amides is 2. The molecule has 2 heterocycles. The Morgan fingerprint density at radius 1 is 1.27 bits per heavy atom. The quantitative estimate of drug-likeness (QED) is 0.816. The number of thioether (sulfide) groups is 1. The van der Waals surface area contributed by atoms with Crippen LogP contribution in [0.15, 0.2) is 24.3 Å². The van der Waals surface area contributed by atoms with Gasteiger partial charge < -0.3 is 0 Å². The molecule has 0 atom stereocenters. The molecular weight excluding hydrogens is 331 g/mol. The minimum atomic E-state index is -3.58. The summed E-state index contributed by atoms with van der Waals surface area (Å²) in [4.78, 5) is 24.3. The van der Waals surface area contributed by atoms with E-state index in [4.69, 9.17) is 0 Å². The van der Waals surface area contributed by atoms with Gasteiger partial charge in [0.1, 0.15) is 5.82 Å². The molecule has 2 amide bonds. The molecule has 118 valence electrons. The van der Waals surface area contributed by atoms with Crippen LogP contribution in [0, 0.1) is 5.82 Å². The van der Waals surface area contributed by atoms with E-state index in [0.717, 1.165) is 16.7 Å². The van der Waals surface area contributed by atoms with Gasteiger partial charge in [0, 0.05) is 13.1 Å². The topological polar surface area (TPSA) is 74.8 Å². The molecule has 3 rings (SSSR count). The maximum atomic E-state index is 13.1. The van der Waals surface area contributed by atoms with E-state index in [1.165, 1.54) is 22.5 Å². The molecule has 0 radical (unpaired) electrons. The Labute approximate surface area is 131 Å². The zero-order chi connectivity index (χ0) is 15.9. The van der Waals surface area contributed by atoms with Crippen molar-refractivity contribution < 1.29 is 22.4 Å². The van der Waals surface area contributed by atoms with Gasteiger partial charge in [-0.1, -0.05) is 23.9 Å². The van der Waals surface area contributed by atoms with Gasteiger partial charge in [-0.25, -0.2) is 12.8 Å². The molecule has 0 unspecified atom stereocenters. The molecule has 9 heteroatoms. The first kappa shape index (κ1) is 15.4. The van der Waals surface area contributed by atoms with Crippen LogP contribution in [0.2, 0.25) is 0 Å². The number of hydrogen-bond donors (Lipinski definition) is 0. The molecule has 0 bridgehead atoms. The second-order valence-corrected chi connectivity index (χ2v) is 8.07. The minimum Gasteiger partial charge on any atom is -0.273 e. The number of carbonyl (C=O) groups is 2. The molecule has 0 saturated carbocycles. The van der Waals surface area contributed by atoms with Crippen LogP contribution in [0.1, 0.15) is 5.56 Å². The third kappa shape index (κ3) is 2.88. The normalized spacial score (nSPS) is 20.5. The van der Waals surface area contributed by atoms with Gasteiger partial charge in [-0.05, 0) is 17.7 Å². The van der Waals surface area contributed by atoms with E-state index < -0.39 is 21.9 Å². The van der Waals surface area contributed by atoms with E-state index in [9.17, 15) is 22.4 Å². The van der Waals surface area contributed by atoms with Crippen molar-refractivity contribution in [2.75, 3.05) is 18.8 Å². The van der Waals surface area contributed by atoms with Crippen molar-refractivity contribution in [1.82, 2.24) is 9.21 Å². The Kier molecular flexibility index (Phi) is 3.96. The summed E-state index contributed by atoms with van der Waals surface area (Å²) in [7, 11) is -3.58. The van der Waals surface area contributed by atoms with Crippen molar-refractivity contribution in [3.05, 3.63) is 35.6 Å². The number of halogens is 1. The molecule has 0 aliphatic carbocycles. The van der Waals surface area contributed by atoms with Gasteiger partial charge in [-0.2, -0.15) is 4.31 Å². The van der Waals surface area contributed by atoms with Crippen LogP contribution < -0.4 is 0 Å². The first-order chi connectivity index (χ1) is 10.4. The molecule has 2 aliphatic rings. The van der Waals surface area contributed by atoms with Gasteiger partial charge in [-0.3, -0.25) is 14.5 Å². The van der Waals surface area contributed by atoms with Crippen molar-refractivity contribution in [1.29, 1.82) is 0 Å². The lowest BCUT2D eigenvalue weighted by molar-refractivity contribution is -0.127. The molecule has 2 aliphatic heterocycles. The highest BCUT2D eigenvalue weighted by atomic mass is 32.2. The predicted octanol–water partition coefficient (Wildman–Crippen LogP) is 1.04. The van der Waals surface area contributed by atoms with Crippen molar-refractivity contribution in [2.24, 2.45) is 0 Å². The number of benzene rings is 1. The lowest BCUT2D eigenvalue weighted by Crippen LogP contribution is -2.62. The molecule has 0 spiro atoms. The fraction of sp³-hybridized carbons (Fsp3) is 0.385. The summed E-state index contributed by atoms with van der Waals surface area (Å²) in [5, 5.41) is -0.322. The van der Waals surface area contributed by atoms with Crippen LogP contribution in [-0.4, -0.2) is 53.7 Å². The fourth-order valence-electron chi connectivity index (χ4n) is 2.45. The SMILES string of the molecule is O=C1CSC(=O)N1C1CN(S(=O)(=O)Cc2cccc(F)c2)C1. The van der Waals surface area contributed by atoms with Crippen LogP contribution in [0.5, 0.6) is 0 Å². The Hall–Kier alpha value is -1.45. The number of carbonyl (C=O) groups excluding carboxylic acids is 2. The molecule has 2 saturated heterocycles. The highest BCUT2D eigenvalue weighted by molar-refractivity contribution is 8.14. The minimum absolute atomic E-state index is 0.107. The smallest absolute Gasteiger partial charge is 0.273 e. The summed E-state index contributed by atoms with van der Waals surface area (Å²) < 4.78 is 38.8. The van der Waals surface area contributed by atoms with Gasteiger partial charge in [0.15, 0.2) is 0 Å². The number of nitrogens with zero attached hydrogens (tertiary/aromatic N) is 2. The highest BCUT2D eigenvalue weighted by Gasteiger charge is 2.45. The highest BCUT2D eigenvalue weighted by Crippen LogP contribution is 2.28. The molecule has 0 N–H and O–H groups in total. The number of hydrogen-bond acceptors (Lipinski definition) is 5. The zero-order valence-corrected chi connectivity index (χ0v) is 13.1. The average molecular weight is 344 g/mol. The number of rotatable bonds is 4. The summed E-state index contributed by atoms with van der Waals surface area (Å²) in [6.07, 6.45) is 0. The van der Waals surface area contributed by atoms with Gasteiger partial charge in [0.25, 0.3) is 5.24 Å². The molecule has 6 nitrogen and oxygen atoms in total. The van der Waals surface area contributed by atoms with Crippen LogP contribution in [-0.2, 0) is 20.6 Å². The Bertz CT molecular complexity index is 715. The first-order valence-electron chi connectivity index (χ1n) is 6.58. The second kappa shape index (κ2) is 5.64. The predicted molar refractivity (Wildman–Crippen MR) is 79.1 cm³/mol. The summed E-state index contributed by atoms with van der Waals surface area (Å²) in [5.41, 5.74) is 0.368. The fourth-order valence-corrected chi connectivity index (χ4v) is 4.81. The third-order valence-corrected chi connectivity index (χ3v) is 6.23. The molecule has 22 heavy (non-hydrogen) atoms. The van der Waals surface area contributed by atoms with Crippen LogP contribution >= 0.6 is 11.8 Å². The van der Waals surface area contributed by atoms with Gasteiger partial charge in [0.05, 0.1) is 17.5 Å². The maximum absolute atomic E-state index is 13.1. The van der Waals surface area contributed by atoms with Crippen molar-refractivity contribution >= 4 is 32.9 Å². The van der Waals surface area contributed by atoms with E-state index in [1.54, 1.807) is 6.07 Å². The molecule has 2 fully saturated rings. The monoisotopic (exact) mass is 344 g/mol. The Balaban J connectivity index is 1.64. The summed E-state index contributed by atoms with van der Waals surface area (Å²) >= 11 is 0.932. The zero-order valence-electron chi connectivity index (χ0n) is 11.4. The third-order valence-electron chi connectivity index (χ3n) is 3.61. The summed E-state index contributed by atoms with van der Waals surface area (Å²) in [6, 6.07) is 5.04. The van der Waals surface area contributed by atoms with E-state index in [1.807, 2.05) is 0 Å². The van der Waals surface area contributed by atoms with Crippen LogP contribution in [0.3, 0.4) is 0 Å².